The van der Waals surface area contributed by atoms with Crippen molar-refractivity contribution in [3.63, 3.8) is 0 Å². The van der Waals surface area contributed by atoms with Gasteiger partial charge in [0.25, 0.3) is 0 Å². The fraction of sp³-hybridized carbons (Fsp3) is 0.538. The van der Waals surface area contributed by atoms with Crippen molar-refractivity contribution >= 4 is 0 Å². The highest BCUT2D eigenvalue weighted by molar-refractivity contribution is 5.34. The monoisotopic (exact) mass is 192 g/mol. The van der Waals surface area contributed by atoms with E-state index in [1.54, 1.807) is 0 Å². The molecule has 0 aliphatic rings. The van der Waals surface area contributed by atoms with E-state index in [-0.39, 0.29) is 12.0 Å². The molecule has 0 heterocycles. The first-order valence-corrected chi connectivity index (χ1v) is 5.16. The normalized spacial score (nSPS) is 11.8. The molecule has 0 spiro atoms. The number of rotatable bonds is 2. The van der Waals surface area contributed by atoms with Crippen molar-refractivity contribution in [3.05, 3.63) is 34.9 Å². The number of aliphatic hydroxyl groups is 1. The Kier molecular flexibility index (Phi) is 3.33. The molecule has 0 radical (unpaired) electrons. The van der Waals surface area contributed by atoms with Crippen molar-refractivity contribution in [2.24, 2.45) is 0 Å². The van der Waals surface area contributed by atoms with E-state index in [2.05, 4.69) is 45.9 Å². The molecule has 0 fully saturated rings. The standard InChI is InChI=1S/C13H20O/c1-10-5-6-12(13(2,3)4)9-11(10)7-8-14/h5-6,9,14H,7-8H2,1-4H3. The molecule has 1 aromatic carbocycles. The molecule has 1 rings (SSSR count). The third-order valence-corrected chi connectivity index (χ3v) is 2.60. The fourth-order valence-corrected chi connectivity index (χ4v) is 1.53. The van der Waals surface area contributed by atoms with E-state index < -0.39 is 0 Å². The number of hydrogen-bond acceptors (Lipinski definition) is 1. The van der Waals surface area contributed by atoms with Crippen molar-refractivity contribution in [3.8, 4) is 0 Å². The topological polar surface area (TPSA) is 20.2 Å². The van der Waals surface area contributed by atoms with Gasteiger partial charge in [-0.1, -0.05) is 39.0 Å². The summed E-state index contributed by atoms with van der Waals surface area (Å²) < 4.78 is 0. The third kappa shape index (κ3) is 2.58. The minimum Gasteiger partial charge on any atom is -0.396 e. The Balaban J connectivity index is 3.06. The largest absolute Gasteiger partial charge is 0.396 e. The molecule has 1 aromatic rings. The number of benzene rings is 1. The smallest absolute Gasteiger partial charge is 0.0471 e. The van der Waals surface area contributed by atoms with E-state index in [0.29, 0.717) is 0 Å². The van der Waals surface area contributed by atoms with Crippen molar-refractivity contribution in [2.75, 3.05) is 6.61 Å². The predicted octanol–water partition coefficient (Wildman–Crippen LogP) is 2.83. The van der Waals surface area contributed by atoms with Crippen LogP contribution in [0.2, 0.25) is 0 Å². The maximum absolute atomic E-state index is 8.94. The second kappa shape index (κ2) is 4.14. The Morgan fingerprint density at radius 1 is 1.21 bits per heavy atom. The van der Waals surface area contributed by atoms with Crippen LogP contribution >= 0.6 is 0 Å². The van der Waals surface area contributed by atoms with E-state index in [1.165, 1.54) is 16.7 Å². The summed E-state index contributed by atoms with van der Waals surface area (Å²) in [7, 11) is 0. The SMILES string of the molecule is Cc1ccc(C(C)(C)C)cc1CCO. The molecule has 0 atom stereocenters. The van der Waals surface area contributed by atoms with Crippen LogP contribution in [0, 0.1) is 6.92 Å². The summed E-state index contributed by atoms with van der Waals surface area (Å²) >= 11 is 0. The molecule has 1 nitrogen and oxygen atoms in total. The van der Waals surface area contributed by atoms with E-state index in [0.717, 1.165) is 6.42 Å². The summed E-state index contributed by atoms with van der Waals surface area (Å²) in [5, 5.41) is 8.94. The lowest BCUT2D eigenvalue weighted by atomic mass is 9.85. The van der Waals surface area contributed by atoms with Crippen molar-refractivity contribution in [1.82, 2.24) is 0 Å². The summed E-state index contributed by atoms with van der Waals surface area (Å²) in [5.41, 5.74) is 4.07. The molecule has 14 heavy (non-hydrogen) atoms. The Labute approximate surface area is 86.8 Å². The Hall–Kier alpha value is -0.820. The van der Waals surface area contributed by atoms with Gasteiger partial charge in [-0.15, -0.1) is 0 Å². The van der Waals surface area contributed by atoms with Crippen LogP contribution < -0.4 is 0 Å². The van der Waals surface area contributed by atoms with Crippen LogP contribution in [-0.4, -0.2) is 11.7 Å². The molecule has 0 amide bonds. The van der Waals surface area contributed by atoms with Gasteiger partial charge in [-0.05, 0) is 35.4 Å². The van der Waals surface area contributed by atoms with Crippen LogP contribution in [0.5, 0.6) is 0 Å². The van der Waals surface area contributed by atoms with Gasteiger partial charge >= 0.3 is 0 Å². The number of aryl methyl sites for hydroxylation is 1. The van der Waals surface area contributed by atoms with E-state index in [1.807, 2.05) is 0 Å². The Bertz CT molecular complexity index is 308. The van der Waals surface area contributed by atoms with Crippen LogP contribution in [0.3, 0.4) is 0 Å². The summed E-state index contributed by atoms with van der Waals surface area (Å²) in [5.74, 6) is 0. The molecule has 0 aliphatic heterocycles. The lowest BCUT2D eigenvalue weighted by Gasteiger charge is -2.20. The third-order valence-electron chi connectivity index (χ3n) is 2.60. The zero-order valence-electron chi connectivity index (χ0n) is 9.59. The van der Waals surface area contributed by atoms with Crippen molar-refractivity contribution < 1.29 is 5.11 Å². The summed E-state index contributed by atoms with van der Waals surface area (Å²) in [6.07, 6.45) is 0.760. The summed E-state index contributed by atoms with van der Waals surface area (Å²) in [6.45, 7) is 8.95. The van der Waals surface area contributed by atoms with Gasteiger partial charge < -0.3 is 5.11 Å². The van der Waals surface area contributed by atoms with Gasteiger partial charge in [-0.25, -0.2) is 0 Å². The Morgan fingerprint density at radius 2 is 1.86 bits per heavy atom. The van der Waals surface area contributed by atoms with E-state index in [4.69, 9.17) is 5.11 Å². The predicted molar refractivity (Wildman–Crippen MR) is 60.7 cm³/mol. The van der Waals surface area contributed by atoms with Crippen molar-refractivity contribution in [1.29, 1.82) is 0 Å². The zero-order chi connectivity index (χ0) is 10.8. The van der Waals surface area contributed by atoms with Gasteiger partial charge in [0.15, 0.2) is 0 Å². The molecule has 1 heteroatoms. The summed E-state index contributed by atoms with van der Waals surface area (Å²) in [4.78, 5) is 0. The maximum atomic E-state index is 8.94. The maximum Gasteiger partial charge on any atom is 0.0471 e. The second-order valence-corrected chi connectivity index (χ2v) is 4.86. The molecule has 0 saturated carbocycles. The molecular formula is C13H20O. The second-order valence-electron chi connectivity index (χ2n) is 4.86. The van der Waals surface area contributed by atoms with Gasteiger partial charge in [-0.3, -0.25) is 0 Å². The minimum absolute atomic E-state index is 0.192. The minimum atomic E-state index is 0.192. The highest BCUT2D eigenvalue weighted by atomic mass is 16.2. The molecule has 0 aliphatic carbocycles. The lowest BCUT2D eigenvalue weighted by molar-refractivity contribution is 0.299. The highest BCUT2D eigenvalue weighted by Gasteiger charge is 2.14. The average molecular weight is 192 g/mol. The van der Waals surface area contributed by atoms with E-state index in [9.17, 15) is 0 Å². The van der Waals surface area contributed by atoms with Crippen LogP contribution in [0.15, 0.2) is 18.2 Å². The first-order valence-electron chi connectivity index (χ1n) is 5.16. The average Bonchev–Trinajstić information content (AvgIpc) is 2.07. The molecule has 0 saturated heterocycles. The highest BCUT2D eigenvalue weighted by Crippen LogP contribution is 2.24. The number of hydrogen-bond donors (Lipinski definition) is 1. The quantitative estimate of drug-likeness (QED) is 0.764. The molecule has 0 aromatic heterocycles. The van der Waals surface area contributed by atoms with Crippen molar-refractivity contribution in [2.45, 2.75) is 39.5 Å². The fourth-order valence-electron chi connectivity index (χ4n) is 1.53. The van der Waals surface area contributed by atoms with Crippen LogP contribution in [0.25, 0.3) is 0 Å². The molecule has 1 N–H and O–H groups in total. The molecule has 78 valence electrons. The van der Waals surface area contributed by atoms with Gasteiger partial charge in [-0.2, -0.15) is 0 Å². The zero-order valence-corrected chi connectivity index (χ0v) is 9.59. The van der Waals surface area contributed by atoms with Crippen LogP contribution in [0.1, 0.15) is 37.5 Å². The lowest BCUT2D eigenvalue weighted by Crippen LogP contribution is -2.12. The van der Waals surface area contributed by atoms with Gasteiger partial charge in [0.1, 0.15) is 0 Å². The first kappa shape index (κ1) is 11.3. The Morgan fingerprint density at radius 3 is 2.36 bits per heavy atom. The molecule has 0 bridgehead atoms. The van der Waals surface area contributed by atoms with Crippen LogP contribution in [0.4, 0.5) is 0 Å². The number of aliphatic hydroxyl groups excluding tert-OH is 1. The first-order chi connectivity index (χ1) is 6.45. The summed E-state index contributed by atoms with van der Waals surface area (Å²) in [6, 6.07) is 6.54. The van der Waals surface area contributed by atoms with Gasteiger partial charge in [0.2, 0.25) is 0 Å². The van der Waals surface area contributed by atoms with Gasteiger partial charge in [0, 0.05) is 6.61 Å². The van der Waals surface area contributed by atoms with E-state index >= 15 is 0 Å². The molecule has 0 unspecified atom stereocenters. The molecular weight excluding hydrogens is 172 g/mol. The van der Waals surface area contributed by atoms with Crippen LogP contribution in [-0.2, 0) is 11.8 Å². The van der Waals surface area contributed by atoms with Gasteiger partial charge in [0.05, 0.1) is 0 Å².